The lowest BCUT2D eigenvalue weighted by Gasteiger charge is -2.17. The van der Waals surface area contributed by atoms with Gasteiger partial charge >= 0.3 is 0 Å². The SMILES string of the molecule is CC(C)(C)S(=O)Cc1ccc(C#N)cc1. The fraction of sp³-hybridized carbons (Fsp3) is 0.417. The molecule has 1 rings (SSSR count). The normalized spacial score (nSPS) is 13.2. The first-order chi connectivity index (χ1) is 6.93. The molecule has 1 atom stereocenters. The molecule has 0 saturated heterocycles. The van der Waals surface area contributed by atoms with Gasteiger partial charge in [0.25, 0.3) is 0 Å². The van der Waals surface area contributed by atoms with E-state index in [0.717, 1.165) is 5.56 Å². The van der Waals surface area contributed by atoms with Gasteiger partial charge in [0.2, 0.25) is 0 Å². The van der Waals surface area contributed by atoms with Crippen molar-refractivity contribution in [3.05, 3.63) is 35.4 Å². The summed E-state index contributed by atoms with van der Waals surface area (Å²) in [6.07, 6.45) is 0. The molecular formula is C12H15NOS. The van der Waals surface area contributed by atoms with Gasteiger partial charge < -0.3 is 0 Å². The van der Waals surface area contributed by atoms with Crippen LogP contribution in [0.25, 0.3) is 0 Å². The summed E-state index contributed by atoms with van der Waals surface area (Å²) in [5.41, 5.74) is 1.66. The fourth-order valence-electron chi connectivity index (χ4n) is 1.04. The number of hydrogen-bond donors (Lipinski definition) is 0. The van der Waals surface area contributed by atoms with E-state index in [9.17, 15) is 4.21 Å². The van der Waals surface area contributed by atoms with E-state index in [2.05, 4.69) is 6.07 Å². The Balaban J connectivity index is 2.75. The molecule has 0 aromatic heterocycles. The zero-order chi connectivity index (χ0) is 11.5. The van der Waals surface area contributed by atoms with Crippen LogP contribution in [0.5, 0.6) is 0 Å². The zero-order valence-electron chi connectivity index (χ0n) is 9.28. The fourth-order valence-corrected chi connectivity index (χ4v) is 1.97. The lowest BCUT2D eigenvalue weighted by Crippen LogP contribution is -2.22. The van der Waals surface area contributed by atoms with E-state index in [1.54, 1.807) is 12.1 Å². The molecule has 0 radical (unpaired) electrons. The summed E-state index contributed by atoms with van der Waals surface area (Å²) in [6.45, 7) is 5.90. The molecule has 0 N–H and O–H groups in total. The number of rotatable bonds is 2. The molecule has 0 bridgehead atoms. The van der Waals surface area contributed by atoms with Crippen LogP contribution in [0, 0.1) is 11.3 Å². The van der Waals surface area contributed by atoms with Crippen molar-refractivity contribution in [1.82, 2.24) is 0 Å². The Hall–Kier alpha value is -1.14. The molecule has 15 heavy (non-hydrogen) atoms. The Morgan fingerprint density at radius 1 is 1.27 bits per heavy atom. The van der Waals surface area contributed by atoms with Crippen molar-refractivity contribution in [2.75, 3.05) is 0 Å². The highest BCUT2D eigenvalue weighted by molar-refractivity contribution is 7.85. The van der Waals surface area contributed by atoms with Crippen LogP contribution in [0.2, 0.25) is 0 Å². The van der Waals surface area contributed by atoms with E-state index in [1.165, 1.54) is 0 Å². The quantitative estimate of drug-likeness (QED) is 0.770. The Morgan fingerprint density at radius 3 is 2.20 bits per heavy atom. The van der Waals surface area contributed by atoms with Crippen LogP contribution >= 0.6 is 0 Å². The summed E-state index contributed by atoms with van der Waals surface area (Å²) in [7, 11) is -0.880. The highest BCUT2D eigenvalue weighted by atomic mass is 32.2. The van der Waals surface area contributed by atoms with Crippen molar-refractivity contribution < 1.29 is 4.21 Å². The van der Waals surface area contributed by atoms with Gasteiger partial charge in [0, 0.05) is 21.3 Å². The lowest BCUT2D eigenvalue weighted by atomic mass is 10.2. The third kappa shape index (κ3) is 3.49. The van der Waals surface area contributed by atoms with E-state index >= 15 is 0 Å². The van der Waals surface area contributed by atoms with Gasteiger partial charge in [0.15, 0.2) is 0 Å². The molecule has 0 aliphatic rings. The molecule has 0 fully saturated rings. The largest absolute Gasteiger partial charge is 0.259 e. The molecule has 0 saturated carbocycles. The monoisotopic (exact) mass is 221 g/mol. The summed E-state index contributed by atoms with van der Waals surface area (Å²) in [5, 5.41) is 8.63. The Bertz CT molecular complexity index is 395. The van der Waals surface area contributed by atoms with Gasteiger partial charge in [-0.1, -0.05) is 12.1 Å². The Kier molecular flexibility index (Phi) is 3.65. The van der Waals surface area contributed by atoms with Crippen LogP contribution in [0.3, 0.4) is 0 Å². The molecule has 0 spiro atoms. The van der Waals surface area contributed by atoms with Gasteiger partial charge in [-0.25, -0.2) is 0 Å². The Morgan fingerprint density at radius 2 is 1.80 bits per heavy atom. The maximum absolute atomic E-state index is 11.8. The van der Waals surface area contributed by atoms with Crippen molar-refractivity contribution in [2.45, 2.75) is 31.3 Å². The molecule has 0 heterocycles. The van der Waals surface area contributed by atoms with E-state index < -0.39 is 10.8 Å². The number of nitrogens with zero attached hydrogens (tertiary/aromatic N) is 1. The van der Waals surface area contributed by atoms with Crippen LogP contribution in [-0.4, -0.2) is 8.96 Å². The first-order valence-corrected chi connectivity index (χ1v) is 6.13. The Labute approximate surface area is 93.4 Å². The highest BCUT2D eigenvalue weighted by Crippen LogP contribution is 2.16. The smallest absolute Gasteiger partial charge is 0.0991 e. The van der Waals surface area contributed by atoms with Gasteiger partial charge in [0.05, 0.1) is 11.6 Å². The van der Waals surface area contributed by atoms with Crippen LogP contribution in [0.15, 0.2) is 24.3 Å². The summed E-state index contributed by atoms with van der Waals surface area (Å²) < 4.78 is 11.6. The maximum atomic E-state index is 11.8. The van der Waals surface area contributed by atoms with Crippen molar-refractivity contribution >= 4 is 10.8 Å². The minimum absolute atomic E-state index is 0.187. The van der Waals surface area contributed by atoms with E-state index in [4.69, 9.17) is 5.26 Å². The molecule has 1 aromatic rings. The van der Waals surface area contributed by atoms with Gasteiger partial charge in [-0.15, -0.1) is 0 Å². The van der Waals surface area contributed by atoms with Crippen LogP contribution in [-0.2, 0) is 16.6 Å². The average molecular weight is 221 g/mol. The van der Waals surface area contributed by atoms with Crippen molar-refractivity contribution in [3.8, 4) is 6.07 Å². The predicted molar refractivity (Wildman–Crippen MR) is 62.8 cm³/mol. The summed E-state index contributed by atoms with van der Waals surface area (Å²) in [5.74, 6) is 0.551. The first kappa shape index (κ1) is 11.9. The molecule has 1 unspecified atom stereocenters. The second kappa shape index (κ2) is 4.59. The average Bonchev–Trinajstić information content (AvgIpc) is 2.17. The predicted octanol–water partition coefficient (Wildman–Crippen LogP) is 2.61. The highest BCUT2D eigenvalue weighted by Gasteiger charge is 2.19. The van der Waals surface area contributed by atoms with Gasteiger partial charge in [-0.05, 0) is 38.5 Å². The third-order valence-electron chi connectivity index (χ3n) is 2.06. The standard InChI is InChI=1S/C12H15NOS/c1-12(2,3)15(14)9-11-6-4-10(8-13)5-7-11/h4-7H,9H2,1-3H3. The van der Waals surface area contributed by atoms with Gasteiger partial charge in [0.1, 0.15) is 0 Å². The van der Waals surface area contributed by atoms with Crippen LogP contribution < -0.4 is 0 Å². The first-order valence-electron chi connectivity index (χ1n) is 4.81. The molecule has 3 heteroatoms. The molecular weight excluding hydrogens is 206 g/mol. The molecule has 0 aliphatic heterocycles. The summed E-state index contributed by atoms with van der Waals surface area (Å²) >= 11 is 0. The van der Waals surface area contributed by atoms with Crippen LogP contribution in [0.1, 0.15) is 31.9 Å². The zero-order valence-corrected chi connectivity index (χ0v) is 10.1. The van der Waals surface area contributed by atoms with Crippen molar-refractivity contribution in [3.63, 3.8) is 0 Å². The van der Waals surface area contributed by atoms with Crippen molar-refractivity contribution in [1.29, 1.82) is 5.26 Å². The minimum atomic E-state index is -0.880. The van der Waals surface area contributed by atoms with E-state index in [0.29, 0.717) is 11.3 Å². The number of hydrogen-bond acceptors (Lipinski definition) is 2. The summed E-state index contributed by atoms with van der Waals surface area (Å²) in [6, 6.07) is 9.31. The molecule has 0 aliphatic carbocycles. The van der Waals surface area contributed by atoms with Gasteiger partial charge in [-0.3, -0.25) is 4.21 Å². The third-order valence-corrected chi connectivity index (χ3v) is 4.03. The molecule has 2 nitrogen and oxygen atoms in total. The van der Waals surface area contributed by atoms with Crippen LogP contribution in [0.4, 0.5) is 0 Å². The molecule has 80 valence electrons. The lowest BCUT2D eigenvalue weighted by molar-refractivity contribution is 0.648. The maximum Gasteiger partial charge on any atom is 0.0991 e. The minimum Gasteiger partial charge on any atom is -0.259 e. The van der Waals surface area contributed by atoms with Gasteiger partial charge in [-0.2, -0.15) is 5.26 Å². The topological polar surface area (TPSA) is 40.9 Å². The second-order valence-corrected chi connectivity index (χ2v) is 6.62. The molecule has 1 aromatic carbocycles. The number of benzene rings is 1. The van der Waals surface area contributed by atoms with E-state index in [1.807, 2.05) is 32.9 Å². The second-order valence-electron chi connectivity index (χ2n) is 4.41. The number of nitriles is 1. The van der Waals surface area contributed by atoms with E-state index in [-0.39, 0.29) is 4.75 Å². The van der Waals surface area contributed by atoms with Crippen molar-refractivity contribution in [2.24, 2.45) is 0 Å². The summed E-state index contributed by atoms with van der Waals surface area (Å²) in [4.78, 5) is 0. The molecule has 0 amide bonds.